The lowest BCUT2D eigenvalue weighted by atomic mass is 10.3. The number of hydrogen-bond acceptors (Lipinski definition) is 3. The number of carbonyl (C=O) groups excluding carboxylic acids is 2. The molecule has 16 heavy (non-hydrogen) atoms. The van der Waals surface area contributed by atoms with E-state index in [1.165, 1.54) is 11.8 Å². The Morgan fingerprint density at radius 3 is 2.38 bits per heavy atom. The third kappa shape index (κ3) is 5.18. The molecule has 0 saturated carbocycles. The number of rotatable bonds is 6. The molecule has 3 amide bonds. The molecule has 7 heteroatoms. The Hall–Kier alpha value is -1.79. The van der Waals surface area contributed by atoms with Crippen molar-refractivity contribution < 1.29 is 19.5 Å². The van der Waals surface area contributed by atoms with Gasteiger partial charge in [0.15, 0.2) is 0 Å². The molecule has 1 unspecified atom stereocenters. The Morgan fingerprint density at radius 2 is 2.00 bits per heavy atom. The van der Waals surface area contributed by atoms with E-state index in [1.807, 2.05) is 0 Å². The smallest absolute Gasteiger partial charge is 0.318 e. The Labute approximate surface area is 93.6 Å². The van der Waals surface area contributed by atoms with Gasteiger partial charge in [0.2, 0.25) is 5.91 Å². The topological polar surface area (TPSA) is 113 Å². The Morgan fingerprint density at radius 1 is 1.44 bits per heavy atom. The SMILES string of the molecule is CCN(CCC(=O)O)C(=O)NC(C)C(N)=O. The summed E-state index contributed by atoms with van der Waals surface area (Å²) >= 11 is 0. The summed E-state index contributed by atoms with van der Waals surface area (Å²) in [6, 6.07) is -1.26. The van der Waals surface area contributed by atoms with Gasteiger partial charge in [-0.05, 0) is 13.8 Å². The number of primary amides is 1. The van der Waals surface area contributed by atoms with E-state index in [0.717, 1.165) is 0 Å². The monoisotopic (exact) mass is 231 g/mol. The van der Waals surface area contributed by atoms with Crippen LogP contribution in [0, 0.1) is 0 Å². The fraction of sp³-hybridized carbons (Fsp3) is 0.667. The van der Waals surface area contributed by atoms with E-state index in [4.69, 9.17) is 10.8 Å². The fourth-order valence-corrected chi connectivity index (χ4v) is 0.981. The largest absolute Gasteiger partial charge is 0.481 e. The minimum absolute atomic E-state index is 0.100. The lowest BCUT2D eigenvalue weighted by Crippen LogP contribution is -2.49. The number of hydrogen-bond donors (Lipinski definition) is 3. The number of amides is 3. The Bertz CT molecular complexity index is 280. The molecule has 0 aromatic rings. The molecule has 0 aliphatic carbocycles. The number of nitrogens with one attached hydrogen (secondary N) is 1. The van der Waals surface area contributed by atoms with Gasteiger partial charge in [-0.15, -0.1) is 0 Å². The van der Waals surface area contributed by atoms with Crippen LogP contribution in [0.2, 0.25) is 0 Å². The molecular formula is C9H17N3O4. The zero-order chi connectivity index (χ0) is 12.7. The molecule has 1 atom stereocenters. The summed E-state index contributed by atoms with van der Waals surface area (Å²) in [7, 11) is 0. The highest BCUT2D eigenvalue weighted by atomic mass is 16.4. The van der Waals surface area contributed by atoms with Crippen molar-refractivity contribution in [3.05, 3.63) is 0 Å². The summed E-state index contributed by atoms with van der Waals surface area (Å²) < 4.78 is 0. The second-order valence-corrected chi connectivity index (χ2v) is 3.30. The van der Waals surface area contributed by atoms with Crippen LogP contribution in [0.5, 0.6) is 0 Å². The van der Waals surface area contributed by atoms with Crippen molar-refractivity contribution >= 4 is 17.9 Å². The van der Waals surface area contributed by atoms with Crippen LogP contribution in [-0.2, 0) is 9.59 Å². The first-order valence-electron chi connectivity index (χ1n) is 4.95. The average Bonchev–Trinajstić information content (AvgIpc) is 2.17. The van der Waals surface area contributed by atoms with Gasteiger partial charge in [0.05, 0.1) is 6.42 Å². The molecule has 92 valence electrons. The molecule has 0 radical (unpaired) electrons. The van der Waals surface area contributed by atoms with Crippen molar-refractivity contribution in [2.24, 2.45) is 5.73 Å². The number of carbonyl (C=O) groups is 3. The number of carboxylic acids is 1. The molecule has 0 spiro atoms. The third-order valence-electron chi connectivity index (χ3n) is 2.03. The van der Waals surface area contributed by atoms with E-state index < -0.39 is 23.9 Å². The maximum Gasteiger partial charge on any atom is 0.318 e. The standard InChI is InChI=1S/C9H17N3O4/c1-3-12(5-4-7(13)14)9(16)11-6(2)8(10)15/h6H,3-5H2,1-2H3,(H2,10,15)(H,11,16)(H,13,14). The summed E-state index contributed by atoms with van der Waals surface area (Å²) in [5.74, 6) is -1.61. The summed E-state index contributed by atoms with van der Waals surface area (Å²) in [6.07, 6.45) is -0.133. The molecule has 4 N–H and O–H groups in total. The molecule has 0 bridgehead atoms. The summed E-state index contributed by atoms with van der Waals surface area (Å²) in [5, 5.41) is 10.9. The molecule has 0 saturated heterocycles. The number of nitrogens with zero attached hydrogens (tertiary/aromatic N) is 1. The molecule has 0 rings (SSSR count). The first-order chi connectivity index (χ1) is 7.38. The fourth-order valence-electron chi connectivity index (χ4n) is 0.981. The van der Waals surface area contributed by atoms with Gasteiger partial charge >= 0.3 is 12.0 Å². The van der Waals surface area contributed by atoms with Crippen LogP contribution in [0.3, 0.4) is 0 Å². The van der Waals surface area contributed by atoms with Crippen molar-refractivity contribution in [2.45, 2.75) is 26.3 Å². The van der Waals surface area contributed by atoms with Crippen molar-refractivity contribution in [3.8, 4) is 0 Å². The lowest BCUT2D eigenvalue weighted by molar-refractivity contribution is -0.137. The third-order valence-corrected chi connectivity index (χ3v) is 2.03. The van der Waals surface area contributed by atoms with Gasteiger partial charge in [0.25, 0.3) is 0 Å². The Kier molecular flexibility index (Phi) is 5.91. The van der Waals surface area contributed by atoms with Gasteiger partial charge in [-0.25, -0.2) is 4.79 Å². The minimum Gasteiger partial charge on any atom is -0.481 e. The number of nitrogens with two attached hydrogens (primary N) is 1. The van der Waals surface area contributed by atoms with E-state index in [-0.39, 0.29) is 13.0 Å². The van der Waals surface area contributed by atoms with Crippen LogP contribution in [0.4, 0.5) is 4.79 Å². The number of urea groups is 1. The van der Waals surface area contributed by atoms with Crippen molar-refractivity contribution in [1.29, 1.82) is 0 Å². The number of aliphatic carboxylic acids is 1. The molecule has 0 aromatic carbocycles. The zero-order valence-electron chi connectivity index (χ0n) is 9.40. The van der Waals surface area contributed by atoms with Crippen molar-refractivity contribution in [1.82, 2.24) is 10.2 Å². The molecule has 0 aromatic heterocycles. The van der Waals surface area contributed by atoms with E-state index in [1.54, 1.807) is 6.92 Å². The first-order valence-corrected chi connectivity index (χ1v) is 4.95. The van der Waals surface area contributed by atoms with E-state index in [9.17, 15) is 14.4 Å². The zero-order valence-corrected chi connectivity index (χ0v) is 9.40. The van der Waals surface area contributed by atoms with Crippen LogP contribution in [0.15, 0.2) is 0 Å². The van der Waals surface area contributed by atoms with E-state index >= 15 is 0 Å². The molecule has 0 aliphatic rings. The lowest BCUT2D eigenvalue weighted by Gasteiger charge is -2.22. The maximum atomic E-state index is 11.5. The van der Waals surface area contributed by atoms with Gasteiger partial charge < -0.3 is 21.1 Å². The maximum absolute atomic E-state index is 11.5. The summed E-state index contributed by atoms with van der Waals surface area (Å²) in [6.45, 7) is 3.65. The quantitative estimate of drug-likeness (QED) is 0.564. The molecular weight excluding hydrogens is 214 g/mol. The summed E-state index contributed by atoms with van der Waals surface area (Å²) in [5.41, 5.74) is 4.98. The van der Waals surface area contributed by atoms with Gasteiger partial charge in [-0.2, -0.15) is 0 Å². The molecule has 0 heterocycles. The van der Waals surface area contributed by atoms with Crippen molar-refractivity contribution in [3.63, 3.8) is 0 Å². The highest BCUT2D eigenvalue weighted by Gasteiger charge is 2.17. The molecule has 0 fully saturated rings. The average molecular weight is 231 g/mol. The molecule has 7 nitrogen and oxygen atoms in total. The summed E-state index contributed by atoms with van der Waals surface area (Å²) in [4.78, 5) is 33.9. The van der Waals surface area contributed by atoms with Crippen LogP contribution >= 0.6 is 0 Å². The van der Waals surface area contributed by atoms with E-state index in [2.05, 4.69) is 5.32 Å². The van der Waals surface area contributed by atoms with Crippen LogP contribution in [-0.4, -0.2) is 47.0 Å². The van der Waals surface area contributed by atoms with Crippen LogP contribution in [0.25, 0.3) is 0 Å². The Balaban J connectivity index is 4.20. The first kappa shape index (κ1) is 14.2. The van der Waals surface area contributed by atoms with Gasteiger partial charge in [0, 0.05) is 13.1 Å². The predicted octanol–water partition coefficient (Wildman–Crippen LogP) is -0.634. The van der Waals surface area contributed by atoms with E-state index in [0.29, 0.717) is 6.54 Å². The number of carboxylic acid groups (broad SMARTS) is 1. The highest BCUT2D eigenvalue weighted by Crippen LogP contribution is 1.94. The van der Waals surface area contributed by atoms with Gasteiger partial charge in [-0.3, -0.25) is 9.59 Å². The second-order valence-electron chi connectivity index (χ2n) is 3.30. The predicted molar refractivity (Wildman–Crippen MR) is 56.7 cm³/mol. The van der Waals surface area contributed by atoms with Crippen molar-refractivity contribution in [2.75, 3.05) is 13.1 Å². The second kappa shape index (κ2) is 6.65. The normalized spacial score (nSPS) is 11.6. The highest BCUT2D eigenvalue weighted by molar-refractivity contribution is 5.85. The van der Waals surface area contributed by atoms with Gasteiger partial charge in [-0.1, -0.05) is 0 Å². The van der Waals surface area contributed by atoms with Gasteiger partial charge in [0.1, 0.15) is 6.04 Å². The molecule has 0 aliphatic heterocycles. The minimum atomic E-state index is -0.978. The van der Waals surface area contributed by atoms with Crippen LogP contribution < -0.4 is 11.1 Å². The van der Waals surface area contributed by atoms with Crippen LogP contribution in [0.1, 0.15) is 20.3 Å².